The number of ether oxygens (including phenoxy) is 3. The fraction of sp³-hybridized carbons (Fsp3) is 0.650. The second-order valence-corrected chi connectivity index (χ2v) is 6.98. The SMILES string of the molecule is CCCCCc1cc(F)c([C@H]2CC3(CCC2=O)OCCO3)c(OC)c1. The topological polar surface area (TPSA) is 44.8 Å². The number of unbranched alkanes of at least 4 members (excludes halogenated alkanes) is 2. The van der Waals surface area contributed by atoms with E-state index in [0.717, 1.165) is 31.2 Å². The summed E-state index contributed by atoms with van der Waals surface area (Å²) in [5.74, 6) is -1.19. The van der Waals surface area contributed by atoms with E-state index in [4.69, 9.17) is 14.2 Å². The van der Waals surface area contributed by atoms with Gasteiger partial charge in [0, 0.05) is 24.8 Å². The van der Waals surface area contributed by atoms with Crippen molar-refractivity contribution in [2.75, 3.05) is 20.3 Å². The number of hydrogen-bond donors (Lipinski definition) is 0. The molecule has 0 aromatic heterocycles. The number of rotatable bonds is 6. The number of hydrogen-bond acceptors (Lipinski definition) is 4. The van der Waals surface area contributed by atoms with Gasteiger partial charge in [0.25, 0.3) is 0 Å². The minimum absolute atomic E-state index is 0.0284. The Morgan fingerprint density at radius 3 is 2.72 bits per heavy atom. The number of halogens is 1. The van der Waals surface area contributed by atoms with Gasteiger partial charge >= 0.3 is 0 Å². The highest BCUT2D eigenvalue weighted by Crippen LogP contribution is 2.44. The summed E-state index contributed by atoms with van der Waals surface area (Å²) in [6.07, 6.45) is 5.31. The maximum atomic E-state index is 14.9. The molecule has 1 aliphatic carbocycles. The molecule has 1 spiro atoms. The number of Topliss-reactive ketones (excluding diaryl/α,β-unsaturated/α-hetero) is 1. The monoisotopic (exact) mass is 350 g/mol. The van der Waals surface area contributed by atoms with Crippen molar-refractivity contribution >= 4 is 5.78 Å². The lowest BCUT2D eigenvalue weighted by molar-refractivity contribution is -0.183. The molecule has 1 aromatic rings. The molecule has 1 aromatic carbocycles. The molecule has 1 saturated heterocycles. The van der Waals surface area contributed by atoms with E-state index in [1.54, 1.807) is 6.07 Å². The second kappa shape index (κ2) is 7.83. The first-order valence-electron chi connectivity index (χ1n) is 9.25. The predicted molar refractivity (Wildman–Crippen MR) is 92.4 cm³/mol. The zero-order valence-corrected chi connectivity index (χ0v) is 15.1. The smallest absolute Gasteiger partial charge is 0.169 e. The Morgan fingerprint density at radius 1 is 1.28 bits per heavy atom. The van der Waals surface area contributed by atoms with Gasteiger partial charge in [-0.25, -0.2) is 4.39 Å². The first kappa shape index (κ1) is 18.3. The summed E-state index contributed by atoms with van der Waals surface area (Å²) < 4.78 is 31.9. The maximum absolute atomic E-state index is 14.9. The van der Waals surface area contributed by atoms with Gasteiger partial charge in [-0.2, -0.15) is 0 Å². The van der Waals surface area contributed by atoms with Crippen LogP contribution in [0.4, 0.5) is 4.39 Å². The Bertz CT molecular complexity index is 622. The average molecular weight is 350 g/mol. The van der Waals surface area contributed by atoms with Gasteiger partial charge < -0.3 is 14.2 Å². The fourth-order valence-corrected chi connectivity index (χ4v) is 3.91. The number of carbonyl (C=O) groups excluding carboxylic acids is 1. The summed E-state index contributed by atoms with van der Waals surface area (Å²) in [6, 6.07) is 3.43. The molecule has 1 saturated carbocycles. The molecule has 1 aliphatic heterocycles. The number of aryl methyl sites for hydroxylation is 1. The molecular weight excluding hydrogens is 323 g/mol. The summed E-state index contributed by atoms with van der Waals surface area (Å²) in [5, 5.41) is 0. The standard InChI is InChI=1S/C20H27FO4/c1-3-4-5-6-14-11-16(21)19(18(12-14)23-2)15-13-20(8-7-17(15)22)24-9-10-25-20/h11-12,15H,3-10,13H2,1-2H3/t15-/m0/s1. The third-order valence-electron chi connectivity index (χ3n) is 5.26. The Balaban J connectivity index is 1.88. The Morgan fingerprint density at radius 2 is 2.04 bits per heavy atom. The van der Waals surface area contributed by atoms with Crippen molar-refractivity contribution in [1.82, 2.24) is 0 Å². The van der Waals surface area contributed by atoms with Gasteiger partial charge in [0.1, 0.15) is 17.3 Å². The lowest BCUT2D eigenvalue weighted by Gasteiger charge is -2.36. The summed E-state index contributed by atoms with van der Waals surface area (Å²) in [5.41, 5.74) is 1.27. The fourth-order valence-electron chi connectivity index (χ4n) is 3.91. The summed E-state index contributed by atoms with van der Waals surface area (Å²) in [4.78, 5) is 12.5. The molecule has 2 fully saturated rings. The van der Waals surface area contributed by atoms with Crippen LogP contribution in [0.2, 0.25) is 0 Å². The van der Waals surface area contributed by atoms with Crippen LogP contribution < -0.4 is 4.74 Å². The summed E-state index contributed by atoms with van der Waals surface area (Å²) in [6.45, 7) is 3.19. The lowest BCUT2D eigenvalue weighted by Crippen LogP contribution is -2.39. The molecule has 0 unspecified atom stereocenters. The third-order valence-corrected chi connectivity index (χ3v) is 5.26. The molecule has 0 N–H and O–H groups in total. The molecule has 3 rings (SSSR count). The van der Waals surface area contributed by atoms with Crippen LogP contribution in [0, 0.1) is 5.82 Å². The number of ketones is 1. The van der Waals surface area contributed by atoms with Gasteiger partial charge in [0.05, 0.1) is 26.2 Å². The van der Waals surface area contributed by atoms with Crippen molar-refractivity contribution in [2.45, 2.75) is 63.6 Å². The molecule has 4 nitrogen and oxygen atoms in total. The predicted octanol–water partition coefficient (Wildman–Crippen LogP) is 4.15. The molecular formula is C20H27FO4. The van der Waals surface area contributed by atoms with Crippen molar-refractivity contribution < 1.29 is 23.4 Å². The lowest BCUT2D eigenvalue weighted by atomic mass is 9.78. The molecule has 25 heavy (non-hydrogen) atoms. The minimum Gasteiger partial charge on any atom is -0.496 e. The van der Waals surface area contributed by atoms with Crippen LogP contribution in [0.5, 0.6) is 5.75 Å². The quantitative estimate of drug-likeness (QED) is 0.723. The molecule has 5 heteroatoms. The van der Waals surface area contributed by atoms with Crippen molar-refractivity contribution in [1.29, 1.82) is 0 Å². The summed E-state index contributed by atoms with van der Waals surface area (Å²) in [7, 11) is 1.53. The normalized spacial score (nSPS) is 22.5. The first-order valence-corrected chi connectivity index (χ1v) is 9.25. The van der Waals surface area contributed by atoms with Crippen molar-refractivity contribution in [3.8, 4) is 5.75 Å². The van der Waals surface area contributed by atoms with Crippen molar-refractivity contribution in [3.63, 3.8) is 0 Å². The van der Waals surface area contributed by atoms with E-state index in [1.165, 1.54) is 7.11 Å². The van der Waals surface area contributed by atoms with E-state index in [1.807, 2.05) is 6.07 Å². The zero-order chi connectivity index (χ0) is 17.9. The molecule has 0 radical (unpaired) electrons. The van der Waals surface area contributed by atoms with Gasteiger partial charge in [-0.1, -0.05) is 19.8 Å². The van der Waals surface area contributed by atoms with Crippen LogP contribution in [0.15, 0.2) is 12.1 Å². The molecule has 1 heterocycles. The average Bonchev–Trinajstić information content (AvgIpc) is 3.05. The van der Waals surface area contributed by atoms with Crippen molar-refractivity contribution in [2.24, 2.45) is 0 Å². The number of methoxy groups -OCH3 is 1. The van der Waals surface area contributed by atoms with Gasteiger partial charge in [-0.15, -0.1) is 0 Å². The van der Waals surface area contributed by atoms with Gasteiger partial charge in [-0.05, 0) is 30.5 Å². The highest BCUT2D eigenvalue weighted by molar-refractivity contribution is 5.87. The Labute approximate surface area is 148 Å². The van der Waals surface area contributed by atoms with E-state index in [0.29, 0.717) is 43.8 Å². The highest BCUT2D eigenvalue weighted by atomic mass is 19.1. The van der Waals surface area contributed by atoms with Gasteiger partial charge in [0.15, 0.2) is 5.79 Å². The minimum atomic E-state index is -0.740. The Hall–Kier alpha value is -1.46. The van der Waals surface area contributed by atoms with Gasteiger partial charge in [-0.3, -0.25) is 4.79 Å². The molecule has 2 aliphatic rings. The van der Waals surface area contributed by atoms with Crippen molar-refractivity contribution in [3.05, 3.63) is 29.1 Å². The van der Waals surface area contributed by atoms with Crippen LogP contribution in [0.1, 0.15) is 62.5 Å². The molecule has 0 amide bonds. The van der Waals surface area contributed by atoms with Crippen LogP contribution in [-0.4, -0.2) is 31.9 Å². The van der Waals surface area contributed by atoms with Crippen LogP contribution in [-0.2, 0) is 20.7 Å². The van der Waals surface area contributed by atoms with E-state index < -0.39 is 11.7 Å². The van der Waals surface area contributed by atoms with E-state index in [-0.39, 0.29) is 11.6 Å². The highest BCUT2D eigenvalue weighted by Gasteiger charge is 2.46. The zero-order valence-electron chi connectivity index (χ0n) is 15.1. The molecule has 1 atom stereocenters. The maximum Gasteiger partial charge on any atom is 0.169 e. The first-order chi connectivity index (χ1) is 12.1. The van der Waals surface area contributed by atoms with E-state index in [9.17, 15) is 9.18 Å². The third kappa shape index (κ3) is 3.87. The largest absolute Gasteiger partial charge is 0.496 e. The molecule has 138 valence electrons. The van der Waals surface area contributed by atoms with Crippen LogP contribution in [0.25, 0.3) is 0 Å². The Kier molecular flexibility index (Phi) is 5.74. The van der Waals surface area contributed by atoms with Crippen LogP contribution >= 0.6 is 0 Å². The van der Waals surface area contributed by atoms with E-state index >= 15 is 0 Å². The van der Waals surface area contributed by atoms with Crippen LogP contribution in [0.3, 0.4) is 0 Å². The second-order valence-electron chi connectivity index (χ2n) is 6.98. The van der Waals surface area contributed by atoms with E-state index in [2.05, 4.69) is 6.92 Å². The number of benzene rings is 1. The molecule has 0 bridgehead atoms. The van der Waals surface area contributed by atoms with Gasteiger partial charge in [0.2, 0.25) is 0 Å². The summed E-state index contributed by atoms with van der Waals surface area (Å²) >= 11 is 0. The number of carbonyl (C=O) groups is 1.